The summed E-state index contributed by atoms with van der Waals surface area (Å²) in [4.78, 5) is 2.58. The summed E-state index contributed by atoms with van der Waals surface area (Å²) in [5.41, 5.74) is 17.4. The molecule has 3 aromatic heterocycles. The van der Waals surface area contributed by atoms with Gasteiger partial charge in [-0.1, -0.05) is 103 Å². The summed E-state index contributed by atoms with van der Waals surface area (Å²) >= 11 is 0. The molecule has 0 aliphatic heterocycles. The lowest BCUT2D eigenvalue weighted by atomic mass is 9.78. The van der Waals surface area contributed by atoms with E-state index in [0.29, 0.717) is 11.8 Å². The van der Waals surface area contributed by atoms with Crippen LogP contribution in [0.2, 0.25) is 0 Å². The van der Waals surface area contributed by atoms with Crippen LogP contribution in [-0.4, -0.2) is 15.2 Å². The van der Waals surface area contributed by atoms with E-state index >= 15 is 0 Å². The minimum absolute atomic E-state index is 0.197. The monoisotopic (exact) mass is 831 g/mol. The molecule has 3 atom stereocenters. The van der Waals surface area contributed by atoms with Crippen LogP contribution in [0.4, 0.5) is 11.4 Å². The quantitative estimate of drug-likeness (QED) is 0.150. The third-order valence-corrected chi connectivity index (χ3v) is 15.1. The van der Waals surface area contributed by atoms with Gasteiger partial charge in [0.2, 0.25) is 0 Å². The standard InChI is InChI=1S/C60H53N3O/c1-4-15-40(16-5-1)41-27-32-46(33-28-41)61(47-34-29-42(30-35-47)43-31-37-55-52(39-43)48-21-10-12-24-53(48)62(55)44-17-6-2-7-18-44)57-26-14-23-49-50-36-38-56-58(60(50)64-59(49)57)51-22-11-13-25-54(51)63(56)45-19-8-3-9-20-45/h2-4,6,8-9,11-12,14-15,17,19-20,22-24,26-27,29-32,34-41,46H,1,5,7,10,13,16,18,21,25,28,33H2. The smallest absolute Gasteiger partial charge is 0.159 e. The highest BCUT2D eigenvalue weighted by Gasteiger charge is 2.30. The van der Waals surface area contributed by atoms with Crippen LogP contribution in [0.25, 0.3) is 78.4 Å². The fraction of sp³-hybridized carbons (Fsp3) is 0.233. The average molecular weight is 832 g/mol. The number of furan rings is 1. The number of hydrogen-bond acceptors (Lipinski definition) is 2. The molecule has 0 radical (unpaired) electrons. The Morgan fingerprint density at radius 2 is 1.41 bits per heavy atom. The normalized spacial score (nSPS) is 20.4. The second-order valence-electron chi connectivity index (χ2n) is 18.7. The summed E-state index contributed by atoms with van der Waals surface area (Å²) in [6, 6.07) is 39.0. The van der Waals surface area contributed by atoms with Gasteiger partial charge >= 0.3 is 0 Å². The van der Waals surface area contributed by atoms with Gasteiger partial charge in [0.1, 0.15) is 5.58 Å². The minimum atomic E-state index is 0.197. The Kier molecular flexibility index (Phi) is 9.13. The molecule has 0 saturated heterocycles. The molecule has 0 bridgehead atoms. The van der Waals surface area contributed by atoms with Gasteiger partial charge in [-0.15, -0.1) is 0 Å². The van der Waals surface area contributed by atoms with E-state index in [4.69, 9.17) is 4.42 Å². The molecule has 5 aromatic carbocycles. The third kappa shape index (κ3) is 6.09. The SMILES string of the molecule is C1=CCCC(n2c3c(c4cc(-c5ccc(N(c6cccc7c6oc6c7ccc7c6c6c(n7-c7ccccc7)CCC=C6)C6C=CC(C7C=CCCC7)CC6)cc5)ccc42)CCC=C3)=C1. The van der Waals surface area contributed by atoms with Gasteiger partial charge < -0.3 is 18.5 Å². The van der Waals surface area contributed by atoms with Crippen LogP contribution < -0.4 is 4.90 Å². The summed E-state index contributed by atoms with van der Waals surface area (Å²) in [5, 5.41) is 4.94. The molecule has 64 heavy (non-hydrogen) atoms. The maximum atomic E-state index is 7.31. The molecule has 3 heterocycles. The van der Waals surface area contributed by atoms with E-state index in [9.17, 15) is 0 Å². The van der Waals surface area contributed by atoms with Crippen LogP contribution in [0.5, 0.6) is 0 Å². The number of nitrogens with zero attached hydrogens (tertiary/aromatic N) is 3. The highest BCUT2D eigenvalue weighted by Crippen LogP contribution is 2.46. The molecule has 5 aliphatic carbocycles. The lowest BCUT2D eigenvalue weighted by molar-refractivity contribution is 0.372. The molecular formula is C60H53N3O. The topological polar surface area (TPSA) is 26.2 Å². The number of hydrogen-bond donors (Lipinski definition) is 0. The zero-order chi connectivity index (χ0) is 42.1. The van der Waals surface area contributed by atoms with Gasteiger partial charge in [-0.3, -0.25) is 0 Å². The fourth-order valence-electron chi connectivity index (χ4n) is 12.0. The van der Waals surface area contributed by atoms with Gasteiger partial charge in [0, 0.05) is 50.2 Å². The number of aryl methyl sites for hydroxylation is 1. The zero-order valence-electron chi connectivity index (χ0n) is 36.4. The number of allylic oxidation sites excluding steroid dienone is 9. The Labute approximate surface area is 375 Å². The molecule has 8 aromatic rings. The van der Waals surface area contributed by atoms with Gasteiger partial charge in [0.05, 0.1) is 28.1 Å². The Morgan fingerprint density at radius 3 is 2.25 bits per heavy atom. The molecule has 0 spiro atoms. The van der Waals surface area contributed by atoms with Gasteiger partial charge in [-0.05, 0) is 166 Å². The summed E-state index contributed by atoms with van der Waals surface area (Å²) in [7, 11) is 0. The van der Waals surface area contributed by atoms with Crippen molar-refractivity contribution in [2.45, 2.75) is 76.7 Å². The molecule has 13 rings (SSSR count). The zero-order valence-corrected chi connectivity index (χ0v) is 36.4. The molecule has 5 aliphatic rings. The van der Waals surface area contributed by atoms with Crippen LogP contribution in [0.3, 0.4) is 0 Å². The largest absolute Gasteiger partial charge is 0.453 e. The van der Waals surface area contributed by atoms with E-state index in [0.717, 1.165) is 61.8 Å². The summed E-state index contributed by atoms with van der Waals surface area (Å²) in [6.45, 7) is 0. The second-order valence-corrected chi connectivity index (χ2v) is 18.7. The van der Waals surface area contributed by atoms with E-state index in [1.54, 1.807) is 0 Å². The van der Waals surface area contributed by atoms with Crippen LogP contribution in [0.1, 0.15) is 80.3 Å². The number of fused-ring (bicyclic) bond motifs is 10. The summed E-state index contributed by atoms with van der Waals surface area (Å²) in [6.07, 6.45) is 38.6. The molecule has 0 amide bonds. The first-order valence-electron chi connectivity index (χ1n) is 23.9. The summed E-state index contributed by atoms with van der Waals surface area (Å²) < 4.78 is 12.3. The van der Waals surface area contributed by atoms with Gasteiger partial charge in [0.15, 0.2) is 5.58 Å². The van der Waals surface area contributed by atoms with Crippen molar-refractivity contribution >= 4 is 73.0 Å². The second kappa shape index (κ2) is 15.5. The van der Waals surface area contributed by atoms with Crippen molar-refractivity contribution in [1.29, 1.82) is 0 Å². The lowest BCUT2D eigenvalue weighted by Crippen LogP contribution is -2.33. The first-order valence-corrected chi connectivity index (χ1v) is 23.9. The average Bonchev–Trinajstić information content (AvgIpc) is 4.03. The number of rotatable bonds is 7. The van der Waals surface area contributed by atoms with Crippen molar-refractivity contribution in [3.8, 4) is 16.8 Å². The van der Waals surface area contributed by atoms with E-state index < -0.39 is 0 Å². The van der Waals surface area contributed by atoms with Gasteiger partial charge in [0.25, 0.3) is 0 Å². The Hall–Kier alpha value is -6.78. The van der Waals surface area contributed by atoms with Crippen molar-refractivity contribution in [2.75, 3.05) is 4.90 Å². The van der Waals surface area contributed by atoms with Crippen LogP contribution >= 0.6 is 0 Å². The molecule has 4 heteroatoms. The van der Waals surface area contributed by atoms with Crippen molar-refractivity contribution < 1.29 is 4.42 Å². The van der Waals surface area contributed by atoms with Gasteiger partial charge in [-0.25, -0.2) is 0 Å². The number of anilines is 2. The lowest BCUT2D eigenvalue weighted by Gasteiger charge is -2.37. The minimum Gasteiger partial charge on any atom is -0.453 e. The van der Waals surface area contributed by atoms with Crippen LogP contribution in [-0.2, 0) is 12.8 Å². The number of para-hydroxylation sites is 2. The first-order chi connectivity index (χ1) is 31.8. The van der Waals surface area contributed by atoms with Gasteiger partial charge in [-0.2, -0.15) is 0 Å². The maximum Gasteiger partial charge on any atom is 0.159 e. The molecule has 314 valence electrons. The predicted octanol–water partition coefficient (Wildman–Crippen LogP) is 16.1. The van der Waals surface area contributed by atoms with E-state index in [2.05, 4.69) is 184 Å². The molecular weight excluding hydrogens is 779 g/mol. The molecule has 4 nitrogen and oxygen atoms in total. The Bertz CT molecular complexity index is 3320. The third-order valence-electron chi connectivity index (χ3n) is 15.1. The molecule has 3 unspecified atom stereocenters. The van der Waals surface area contributed by atoms with Crippen molar-refractivity contribution in [3.05, 3.63) is 180 Å². The fourth-order valence-corrected chi connectivity index (χ4v) is 12.0. The highest BCUT2D eigenvalue weighted by molar-refractivity contribution is 6.19. The first kappa shape index (κ1) is 37.7. The summed E-state index contributed by atoms with van der Waals surface area (Å²) in [5.74, 6) is 1.24. The van der Waals surface area contributed by atoms with Crippen LogP contribution in [0.15, 0.2) is 162 Å². The van der Waals surface area contributed by atoms with Crippen molar-refractivity contribution in [3.63, 3.8) is 0 Å². The van der Waals surface area contributed by atoms with E-state index in [1.165, 1.54) is 109 Å². The molecule has 0 fully saturated rings. The number of aromatic nitrogens is 2. The number of benzene rings is 5. The Balaban J connectivity index is 0.938. The van der Waals surface area contributed by atoms with E-state index in [1.807, 2.05) is 0 Å². The molecule has 0 N–H and O–H groups in total. The highest BCUT2D eigenvalue weighted by atomic mass is 16.3. The van der Waals surface area contributed by atoms with Crippen molar-refractivity contribution in [1.82, 2.24) is 9.13 Å². The predicted molar refractivity (Wildman–Crippen MR) is 270 cm³/mol. The maximum absolute atomic E-state index is 7.31. The Morgan fingerprint density at radius 1 is 0.578 bits per heavy atom. The van der Waals surface area contributed by atoms with E-state index in [-0.39, 0.29) is 6.04 Å². The molecule has 0 saturated carbocycles. The van der Waals surface area contributed by atoms with Crippen LogP contribution in [0, 0.1) is 11.8 Å². The van der Waals surface area contributed by atoms with Crippen molar-refractivity contribution in [2.24, 2.45) is 11.8 Å².